The van der Waals surface area contributed by atoms with Crippen molar-refractivity contribution >= 4 is 21.6 Å². The van der Waals surface area contributed by atoms with Gasteiger partial charge in [-0.25, -0.2) is 8.78 Å². The molecule has 19 heavy (non-hydrogen) atoms. The highest BCUT2D eigenvalue weighted by Crippen LogP contribution is 2.24. The summed E-state index contributed by atoms with van der Waals surface area (Å²) in [6.07, 6.45) is 0. The highest BCUT2D eigenvalue weighted by molar-refractivity contribution is 9.10. The smallest absolute Gasteiger partial charge is 0.145 e. The number of benzene rings is 2. The predicted molar refractivity (Wildman–Crippen MR) is 72.5 cm³/mol. The number of hydrogen-bond donors (Lipinski definition) is 1. The largest absolute Gasteiger partial charge is 0.380 e. The molecule has 0 heterocycles. The molecule has 2 rings (SSSR count). The van der Waals surface area contributed by atoms with Gasteiger partial charge in [0.05, 0.1) is 11.3 Å². The normalized spacial score (nSPS) is 10.0. The van der Waals surface area contributed by atoms with Crippen LogP contribution in [0, 0.1) is 23.0 Å². The highest BCUT2D eigenvalue weighted by Gasteiger charge is 2.08. The van der Waals surface area contributed by atoms with Crippen molar-refractivity contribution in [3.05, 3.63) is 63.6 Å². The monoisotopic (exact) mass is 322 g/mol. The third kappa shape index (κ3) is 3.09. The zero-order valence-corrected chi connectivity index (χ0v) is 11.3. The summed E-state index contributed by atoms with van der Waals surface area (Å²) in [6, 6.07) is 10.6. The summed E-state index contributed by atoms with van der Waals surface area (Å²) in [5.41, 5.74) is 0.884. The van der Waals surface area contributed by atoms with E-state index in [9.17, 15) is 8.78 Å². The lowest BCUT2D eigenvalue weighted by Gasteiger charge is -2.10. The molecule has 2 aromatic carbocycles. The molecule has 0 aromatic heterocycles. The summed E-state index contributed by atoms with van der Waals surface area (Å²) in [4.78, 5) is 0. The first kappa shape index (κ1) is 13.5. The van der Waals surface area contributed by atoms with Crippen LogP contribution in [0.5, 0.6) is 0 Å². The Morgan fingerprint density at radius 3 is 2.74 bits per heavy atom. The Morgan fingerprint density at radius 1 is 1.21 bits per heavy atom. The maximum absolute atomic E-state index is 13.8. The first-order valence-corrected chi connectivity index (χ1v) is 6.27. The maximum Gasteiger partial charge on any atom is 0.145 e. The van der Waals surface area contributed by atoms with E-state index in [1.807, 2.05) is 0 Å². The fourth-order valence-electron chi connectivity index (χ4n) is 1.63. The average molecular weight is 323 g/mol. The summed E-state index contributed by atoms with van der Waals surface area (Å²) < 4.78 is 27.6. The molecule has 0 aliphatic heterocycles. The molecule has 0 fully saturated rings. The number of hydrogen-bond acceptors (Lipinski definition) is 2. The van der Waals surface area contributed by atoms with Gasteiger partial charge in [-0.05, 0) is 40.2 Å². The van der Waals surface area contributed by atoms with E-state index in [1.165, 1.54) is 18.2 Å². The number of halogens is 3. The molecule has 0 amide bonds. The van der Waals surface area contributed by atoms with E-state index in [1.54, 1.807) is 24.3 Å². The van der Waals surface area contributed by atoms with Crippen molar-refractivity contribution in [2.45, 2.75) is 6.54 Å². The van der Waals surface area contributed by atoms with E-state index in [4.69, 9.17) is 5.26 Å². The molecule has 0 bridgehead atoms. The SMILES string of the molecule is N#Cc1cccc(CNc2cc(F)ccc2Br)c1F. The van der Waals surface area contributed by atoms with Gasteiger partial charge in [0.25, 0.3) is 0 Å². The quantitative estimate of drug-likeness (QED) is 0.918. The standard InChI is InChI=1S/C14H9BrF2N2/c15-12-5-4-11(16)6-13(12)19-8-10-3-1-2-9(7-18)14(10)17/h1-6,19H,8H2. The summed E-state index contributed by atoms with van der Waals surface area (Å²) in [5.74, 6) is -0.929. The zero-order valence-electron chi connectivity index (χ0n) is 9.75. The van der Waals surface area contributed by atoms with E-state index >= 15 is 0 Å². The van der Waals surface area contributed by atoms with E-state index < -0.39 is 5.82 Å². The second-order valence-corrected chi connectivity index (χ2v) is 4.72. The van der Waals surface area contributed by atoms with Crippen LogP contribution < -0.4 is 5.32 Å². The maximum atomic E-state index is 13.8. The molecule has 0 saturated heterocycles. The van der Waals surface area contributed by atoms with Crippen LogP contribution in [0.15, 0.2) is 40.9 Å². The van der Waals surface area contributed by atoms with E-state index in [0.717, 1.165) is 0 Å². The molecule has 2 nitrogen and oxygen atoms in total. The third-order valence-corrected chi connectivity index (χ3v) is 3.29. The average Bonchev–Trinajstić information content (AvgIpc) is 2.41. The van der Waals surface area contributed by atoms with Gasteiger partial charge in [0.2, 0.25) is 0 Å². The van der Waals surface area contributed by atoms with Crippen molar-refractivity contribution in [3.63, 3.8) is 0 Å². The molecule has 0 aliphatic carbocycles. The van der Waals surface area contributed by atoms with Crippen LogP contribution in [-0.4, -0.2) is 0 Å². The number of anilines is 1. The lowest BCUT2D eigenvalue weighted by Crippen LogP contribution is -2.03. The van der Waals surface area contributed by atoms with Crippen molar-refractivity contribution in [3.8, 4) is 6.07 Å². The molecule has 0 radical (unpaired) electrons. The number of rotatable bonds is 3. The lowest BCUT2D eigenvalue weighted by molar-refractivity contribution is 0.609. The van der Waals surface area contributed by atoms with Gasteiger partial charge in [-0.15, -0.1) is 0 Å². The van der Waals surface area contributed by atoms with Crippen molar-refractivity contribution in [1.29, 1.82) is 5.26 Å². The van der Waals surface area contributed by atoms with Crippen LogP contribution >= 0.6 is 15.9 Å². The Morgan fingerprint density at radius 2 is 2.00 bits per heavy atom. The Hall–Kier alpha value is -1.93. The van der Waals surface area contributed by atoms with E-state index in [-0.39, 0.29) is 17.9 Å². The van der Waals surface area contributed by atoms with Crippen LogP contribution in [0.1, 0.15) is 11.1 Å². The molecule has 0 aliphatic rings. The Kier molecular flexibility index (Phi) is 4.13. The summed E-state index contributed by atoms with van der Waals surface area (Å²) >= 11 is 3.28. The molecular formula is C14H9BrF2N2. The third-order valence-electron chi connectivity index (χ3n) is 2.60. The molecule has 96 valence electrons. The Labute approximate surface area is 117 Å². The first-order chi connectivity index (χ1) is 9.11. The second-order valence-electron chi connectivity index (χ2n) is 3.87. The molecule has 1 N–H and O–H groups in total. The zero-order chi connectivity index (χ0) is 13.8. The van der Waals surface area contributed by atoms with Gasteiger partial charge in [0.15, 0.2) is 0 Å². The van der Waals surface area contributed by atoms with Gasteiger partial charge in [0, 0.05) is 16.6 Å². The number of nitrogens with zero attached hydrogens (tertiary/aromatic N) is 1. The van der Waals surface area contributed by atoms with Crippen LogP contribution in [0.4, 0.5) is 14.5 Å². The van der Waals surface area contributed by atoms with Gasteiger partial charge in [-0.2, -0.15) is 5.26 Å². The first-order valence-electron chi connectivity index (χ1n) is 5.48. The fourth-order valence-corrected chi connectivity index (χ4v) is 2.01. The molecule has 0 saturated carbocycles. The van der Waals surface area contributed by atoms with Crippen LogP contribution in [-0.2, 0) is 6.54 Å². The summed E-state index contributed by atoms with van der Waals surface area (Å²) in [7, 11) is 0. The summed E-state index contributed by atoms with van der Waals surface area (Å²) in [5, 5.41) is 11.7. The van der Waals surface area contributed by atoms with E-state index in [2.05, 4.69) is 21.2 Å². The number of nitrogens with one attached hydrogen (secondary N) is 1. The van der Waals surface area contributed by atoms with Crippen LogP contribution in [0.25, 0.3) is 0 Å². The minimum Gasteiger partial charge on any atom is -0.380 e. The van der Waals surface area contributed by atoms with Gasteiger partial charge < -0.3 is 5.32 Å². The van der Waals surface area contributed by atoms with Crippen molar-refractivity contribution < 1.29 is 8.78 Å². The topological polar surface area (TPSA) is 35.8 Å². The molecule has 0 spiro atoms. The molecular weight excluding hydrogens is 314 g/mol. The lowest BCUT2D eigenvalue weighted by atomic mass is 10.1. The molecule has 0 unspecified atom stereocenters. The Balaban J connectivity index is 2.20. The van der Waals surface area contributed by atoms with Crippen molar-refractivity contribution in [1.82, 2.24) is 0 Å². The molecule has 0 atom stereocenters. The van der Waals surface area contributed by atoms with Crippen LogP contribution in [0.3, 0.4) is 0 Å². The minimum absolute atomic E-state index is 0.00221. The van der Waals surface area contributed by atoms with Crippen molar-refractivity contribution in [2.75, 3.05) is 5.32 Å². The predicted octanol–water partition coefficient (Wildman–Crippen LogP) is 4.21. The van der Waals surface area contributed by atoms with Gasteiger partial charge in [-0.3, -0.25) is 0 Å². The van der Waals surface area contributed by atoms with Gasteiger partial charge >= 0.3 is 0 Å². The highest BCUT2D eigenvalue weighted by atomic mass is 79.9. The van der Waals surface area contributed by atoms with Crippen molar-refractivity contribution in [2.24, 2.45) is 0 Å². The number of nitriles is 1. The van der Waals surface area contributed by atoms with Gasteiger partial charge in [-0.1, -0.05) is 12.1 Å². The second kappa shape index (κ2) is 5.81. The molecule has 2 aromatic rings. The fraction of sp³-hybridized carbons (Fsp3) is 0.0714. The van der Waals surface area contributed by atoms with E-state index in [0.29, 0.717) is 15.7 Å². The minimum atomic E-state index is -0.551. The Bertz CT molecular complexity index is 650. The van der Waals surface area contributed by atoms with Crippen LogP contribution in [0.2, 0.25) is 0 Å². The summed E-state index contributed by atoms with van der Waals surface area (Å²) in [6.45, 7) is 0.170. The van der Waals surface area contributed by atoms with Gasteiger partial charge in [0.1, 0.15) is 17.7 Å². The molecule has 5 heteroatoms.